The van der Waals surface area contributed by atoms with Gasteiger partial charge in [0.15, 0.2) is 5.65 Å². The van der Waals surface area contributed by atoms with Crippen LogP contribution >= 0.6 is 0 Å². The molecular formula is C16H23N5O2. The number of pyridine rings is 1. The van der Waals surface area contributed by atoms with Crippen LogP contribution in [0.1, 0.15) is 35.6 Å². The Morgan fingerprint density at radius 3 is 2.61 bits per heavy atom. The Balaban J connectivity index is 2.45. The van der Waals surface area contributed by atoms with Crippen LogP contribution in [0.3, 0.4) is 0 Å². The van der Waals surface area contributed by atoms with Crippen LogP contribution in [0.25, 0.3) is 11.0 Å². The minimum Gasteiger partial charge on any atom is -0.355 e. The van der Waals surface area contributed by atoms with E-state index in [1.54, 1.807) is 10.7 Å². The molecule has 2 aromatic heterocycles. The van der Waals surface area contributed by atoms with Gasteiger partial charge in [-0.15, -0.1) is 0 Å². The lowest BCUT2D eigenvalue weighted by Crippen LogP contribution is -2.40. The van der Waals surface area contributed by atoms with Crippen molar-refractivity contribution < 1.29 is 9.59 Å². The first-order chi connectivity index (χ1) is 10.9. The van der Waals surface area contributed by atoms with Gasteiger partial charge in [-0.3, -0.25) is 14.3 Å². The molecule has 0 radical (unpaired) electrons. The van der Waals surface area contributed by atoms with Gasteiger partial charge in [0.1, 0.15) is 0 Å². The summed E-state index contributed by atoms with van der Waals surface area (Å²) in [6.07, 6.45) is 0. The number of likely N-dealkylation sites (N-methyl/N-ethyl adjacent to an activating group) is 2. The zero-order valence-corrected chi connectivity index (χ0v) is 14.3. The Kier molecular flexibility index (Phi) is 4.98. The lowest BCUT2D eigenvalue weighted by atomic mass is 10.1. The van der Waals surface area contributed by atoms with Crippen LogP contribution in [0.15, 0.2) is 6.07 Å². The largest absolute Gasteiger partial charge is 0.355 e. The summed E-state index contributed by atoms with van der Waals surface area (Å²) in [4.78, 5) is 30.7. The average Bonchev–Trinajstić information content (AvgIpc) is 2.78. The van der Waals surface area contributed by atoms with Gasteiger partial charge in [0.2, 0.25) is 5.91 Å². The molecule has 0 fully saturated rings. The molecule has 2 amide bonds. The smallest absolute Gasteiger partial charge is 0.255 e. The molecule has 1 N–H and O–H groups in total. The summed E-state index contributed by atoms with van der Waals surface area (Å²) in [5.74, 6) is -0.335. The van der Waals surface area contributed by atoms with Crippen LogP contribution in [-0.2, 0) is 11.8 Å². The average molecular weight is 317 g/mol. The molecule has 7 heteroatoms. The van der Waals surface area contributed by atoms with Gasteiger partial charge in [0.25, 0.3) is 5.91 Å². The Morgan fingerprint density at radius 2 is 2.00 bits per heavy atom. The highest BCUT2D eigenvalue weighted by molar-refractivity contribution is 6.07. The predicted molar refractivity (Wildman–Crippen MR) is 88.2 cm³/mol. The zero-order valence-electron chi connectivity index (χ0n) is 14.3. The fourth-order valence-electron chi connectivity index (χ4n) is 2.66. The molecule has 0 aliphatic carbocycles. The maximum atomic E-state index is 12.9. The third-order valence-electron chi connectivity index (χ3n) is 3.70. The van der Waals surface area contributed by atoms with Gasteiger partial charge in [-0.2, -0.15) is 5.10 Å². The number of rotatable bonds is 5. The number of aromatic nitrogens is 3. The van der Waals surface area contributed by atoms with E-state index in [9.17, 15) is 9.59 Å². The van der Waals surface area contributed by atoms with E-state index in [0.717, 1.165) is 16.8 Å². The van der Waals surface area contributed by atoms with Crippen molar-refractivity contribution in [3.63, 3.8) is 0 Å². The molecule has 2 heterocycles. The van der Waals surface area contributed by atoms with Crippen molar-refractivity contribution in [2.45, 2.75) is 27.7 Å². The van der Waals surface area contributed by atoms with E-state index in [1.807, 2.05) is 34.7 Å². The molecule has 0 saturated heterocycles. The molecule has 0 unspecified atom stereocenters. The van der Waals surface area contributed by atoms with Crippen LogP contribution in [0, 0.1) is 13.8 Å². The highest BCUT2D eigenvalue weighted by atomic mass is 16.2. The van der Waals surface area contributed by atoms with Gasteiger partial charge in [0, 0.05) is 25.8 Å². The molecule has 0 atom stereocenters. The number of nitrogens with one attached hydrogen (secondary N) is 1. The summed E-state index contributed by atoms with van der Waals surface area (Å²) in [6, 6.07) is 1.76. The molecule has 124 valence electrons. The van der Waals surface area contributed by atoms with Crippen molar-refractivity contribution in [1.82, 2.24) is 25.0 Å². The molecule has 23 heavy (non-hydrogen) atoms. The lowest BCUT2D eigenvalue weighted by Gasteiger charge is -2.21. The second-order valence-electron chi connectivity index (χ2n) is 5.49. The molecular weight excluding hydrogens is 294 g/mol. The summed E-state index contributed by atoms with van der Waals surface area (Å²) >= 11 is 0. The molecule has 0 bridgehead atoms. The Morgan fingerprint density at radius 1 is 1.30 bits per heavy atom. The van der Waals surface area contributed by atoms with Crippen molar-refractivity contribution in [2.24, 2.45) is 7.05 Å². The van der Waals surface area contributed by atoms with Crippen molar-refractivity contribution in [3.05, 3.63) is 23.0 Å². The van der Waals surface area contributed by atoms with E-state index < -0.39 is 0 Å². The maximum absolute atomic E-state index is 12.9. The van der Waals surface area contributed by atoms with Gasteiger partial charge < -0.3 is 10.2 Å². The van der Waals surface area contributed by atoms with Crippen molar-refractivity contribution >= 4 is 22.8 Å². The highest BCUT2D eigenvalue weighted by Gasteiger charge is 2.22. The highest BCUT2D eigenvalue weighted by Crippen LogP contribution is 2.22. The van der Waals surface area contributed by atoms with E-state index in [4.69, 9.17) is 0 Å². The Labute approximate surface area is 135 Å². The molecule has 2 aromatic rings. The van der Waals surface area contributed by atoms with E-state index in [2.05, 4.69) is 15.4 Å². The molecule has 0 spiro atoms. The van der Waals surface area contributed by atoms with Gasteiger partial charge >= 0.3 is 0 Å². The molecule has 7 nitrogen and oxygen atoms in total. The van der Waals surface area contributed by atoms with E-state index in [1.165, 1.54) is 4.90 Å². The van der Waals surface area contributed by atoms with Gasteiger partial charge in [0.05, 0.1) is 23.2 Å². The van der Waals surface area contributed by atoms with Gasteiger partial charge in [-0.25, -0.2) is 4.98 Å². The number of aryl methyl sites for hydroxylation is 3. The normalized spacial score (nSPS) is 10.8. The van der Waals surface area contributed by atoms with E-state index in [0.29, 0.717) is 24.3 Å². The van der Waals surface area contributed by atoms with Crippen LogP contribution in [0.4, 0.5) is 0 Å². The number of carbonyl (C=O) groups excluding carboxylic acids is 2. The molecule has 0 aliphatic heterocycles. The summed E-state index contributed by atoms with van der Waals surface area (Å²) in [5.41, 5.74) is 2.73. The maximum Gasteiger partial charge on any atom is 0.255 e. The SMILES string of the molecule is CCNC(=O)CN(CC)C(=O)c1cc(C)nc2c1c(C)nn2C. The number of hydrogen-bond acceptors (Lipinski definition) is 4. The number of nitrogens with zero attached hydrogens (tertiary/aromatic N) is 4. The third kappa shape index (κ3) is 3.33. The molecule has 0 saturated carbocycles. The number of hydrogen-bond donors (Lipinski definition) is 1. The first-order valence-corrected chi connectivity index (χ1v) is 7.75. The summed E-state index contributed by atoms with van der Waals surface area (Å²) in [6.45, 7) is 8.46. The topological polar surface area (TPSA) is 80.1 Å². The third-order valence-corrected chi connectivity index (χ3v) is 3.70. The number of amides is 2. The van der Waals surface area contributed by atoms with Crippen molar-refractivity contribution in [2.75, 3.05) is 19.6 Å². The van der Waals surface area contributed by atoms with Crippen LogP contribution in [0.5, 0.6) is 0 Å². The Hall–Kier alpha value is -2.44. The molecule has 0 aliphatic rings. The van der Waals surface area contributed by atoms with Gasteiger partial charge in [-0.05, 0) is 33.8 Å². The summed E-state index contributed by atoms with van der Waals surface area (Å²) in [5, 5.41) is 7.82. The second-order valence-corrected chi connectivity index (χ2v) is 5.49. The summed E-state index contributed by atoms with van der Waals surface area (Å²) < 4.78 is 1.68. The number of carbonyl (C=O) groups is 2. The molecule has 0 aromatic carbocycles. The number of fused-ring (bicyclic) bond motifs is 1. The lowest BCUT2D eigenvalue weighted by molar-refractivity contribution is -0.121. The monoisotopic (exact) mass is 317 g/mol. The van der Waals surface area contributed by atoms with Crippen molar-refractivity contribution in [3.8, 4) is 0 Å². The van der Waals surface area contributed by atoms with Crippen LogP contribution in [-0.4, -0.2) is 51.1 Å². The fraction of sp³-hybridized carbons (Fsp3) is 0.500. The second kappa shape index (κ2) is 6.76. The van der Waals surface area contributed by atoms with E-state index in [-0.39, 0.29) is 18.4 Å². The van der Waals surface area contributed by atoms with Crippen molar-refractivity contribution in [1.29, 1.82) is 0 Å². The minimum absolute atomic E-state index is 0.0470. The van der Waals surface area contributed by atoms with E-state index >= 15 is 0 Å². The quantitative estimate of drug-likeness (QED) is 0.898. The van der Waals surface area contributed by atoms with Crippen LogP contribution < -0.4 is 5.32 Å². The fourth-order valence-corrected chi connectivity index (χ4v) is 2.66. The first kappa shape index (κ1) is 16.9. The zero-order chi connectivity index (χ0) is 17.1. The van der Waals surface area contributed by atoms with Crippen LogP contribution in [0.2, 0.25) is 0 Å². The predicted octanol–water partition coefficient (Wildman–Crippen LogP) is 1.18. The summed E-state index contributed by atoms with van der Waals surface area (Å²) in [7, 11) is 1.81. The van der Waals surface area contributed by atoms with Gasteiger partial charge in [-0.1, -0.05) is 0 Å². The minimum atomic E-state index is -0.176. The standard InChI is InChI=1S/C16H23N5O2/c1-6-17-13(22)9-21(7-2)16(23)12-8-10(3)18-15-14(12)11(4)19-20(15)5/h8H,6-7,9H2,1-5H3,(H,17,22). The Bertz CT molecular complexity index is 750. The molecule has 2 rings (SSSR count). The first-order valence-electron chi connectivity index (χ1n) is 7.75.